The minimum absolute atomic E-state index is 0.0412. The first-order valence-electron chi connectivity index (χ1n) is 26.3. The predicted octanol–water partition coefficient (Wildman–Crippen LogP) is 4.03. The van der Waals surface area contributed by atoms with E-state index in [4.69, 9.17) is 41.5 Å². The number of nitrogens with one attached hydrogen (secondary N) is 4. The van der Waals surface area contributed by atoms with E-state index >= 15 is 0 Å². The van der Waals surface area contributed by atoms with E-state index in [1.807, 2.05) is 4.57 Å². The molecule has 2 unspecified atom stereocenters. The third-order valence-corrected chi connectivity index (χ3v) is 18.3. The highest BCUT2D eigenvalue weighted by molar-refractivity contribution is 7.93. The van der Waals surface area contributed by atoms with Gasteiger partial charge in [0.05, 0.1) is 49.9 Å². The number of hydrogen-bond donors (Lipinski definition) is 8. The number of sulfonamides is 2. The Morgan fingerprint density at radius 2 is 1.41 bits per heavy atom. The number of benzene rings is 2. The molecule has 0 saturated carbocycles. The highest BCUT2D eigenvalue weighted by Crippen LogP contribution is 2.38. The molecular weight excluding hydrogens is 1380 g/mol. The Morgan fingerprint density at radius 3 is 1.94 bits per heavy atom. The van der Waals surface area contributed by atoms with Crippen molar-refractivity contribution in [3.63, 3.8) is 0 Å². The molecule has 44 heteroatoms. The maximum Gasteiger partial charge on any atom is 0.388 e. The highest BCUT2D eigenvalue weighted by atomic mass is 32.2. The van der Waals surface area contributed by atoms with Crippen LogP contribution in [-0.2, 0) is 57.0 Å². The van der Waals surface area contributed by atoms with Crippen LogP contribution >= 0.6 is 18.9 Å². The lowest BCUT2D eigenvalue weighted by Crippen LogP contribution is -2.39. The van der Waals surface area contributed by atoms with Gasteiger partial charge in [0, 0.05) is 49.6 Å². The van der Waals surface area contributed by atoms with Crippen LogP contribution in [0.4, 0.5) is 54.8 Å². The van der Waals surface area contributed by atoms with E-state index in [-0.39, 0.29) is 66.2 Å². The Labute approximate surface area is 539 Å². The van der Waals surface area contributed by atoms with Crippen molar-refractivity contribution in [2.45, 2.75) is 74.2 Å². The van der Waals surface area contributed by atoms with E-state index < -0.39 is 124 Å². The second kappa shape index (κ2) is 32.4. The number of fused-ring (bicyclic) bond motifs is 2. The van der Waals surface area contributed by atoms with Gasteiger partial charge in [-0.1, -0.05) is 38.8 Å². The number of anilines is 3. The number of sulfone groups is 1. The van der Waals surface area contributed by atoms with Crippen molar-refractivity contribution < 1.29 is 115 Å². The summed E-state index contributed by atoms with van der Waals surface area (Å²) >= 11 is 1.24. The van der Waals surface area contributed by atoms with Gasteiger partial charge < -0.3 is 49.1 Å². The van der Waals surface area contributed by atoms with Crippen molar-refractivity contribution in [2.75, 3.05) is 61.5 Å². The fourth-order valence-electron chi connectivity index (χ4n) is 7.63. The van der Waals surface area contributed by atoms with Gasteiger partial charge in [0.1, 0.15) is 33.1 Å². The zero-order valence-electron chi connectivity index (χ0n) is 50.0. The molecule has 5 amide bonds. The molecule has 0 spiro atoms. The average molecular weight is 1440 g/mol. The zero-order valence-corrected chi connectivity index (χ0v) is 54.1. The van der Waals surface area contributed by atoms with Crippen molar-refractivity contribution in [3.8, 4) is 41.6 Å². The number of urea groups is 2. The quantitative estimate of drug-likeness (QED) is 0.0286. The topological polar surface area (TPSA) is 484 Å². The van der Waals surface area contributed by atoms with Crippen molar-refractivity contribution >= 4 is 102 Å². The van der Waals surface area contributed by atoms with Crippen LogP contribution in [0.2, 0.25) is 0 Å². The van der Waals surface area contributed by atoms with Crippen LogP contribution in [0.15, 0.2) is 86.7 Å². The van der Waals surface area contributed by atoms with E-state index in [2.05, 4.69) is 68.8 Å². The fourth-order valence-corrected chi connectivity index (χ4v) is 12.8. The normalized spacial score (nSPS) is 14.1. The van der Waals surface area contributed by atoms with Gasteiger partial charge in [0.25, 0.3) is 26.0 Å². The number of rotatable bonds is 21. The maximum absolute atomic E-state index is 14.5. The van der Waals surface area contributed by atoms with Gasteiger partial charge in [0.2, 0.25) is 40.2 Å². The number of amides is 5. The number of aliphatic carboxylic acids is 1. The zero-order chi connectivity index (χ0) is 71.0. The molecule has 6 heterocycles. The van der Waals surface area contributed by atoms with Crippen LogP contribution in [0.3, 0.4) is 0 Å². The minimum Gasteiger partial charge on any atom is -0.481 e. The monoisotopic (exact) mass is 1440 g/mol. The van der Waals surface area contributed by atoms with Gasteiger partial charge in [-0.25, -0.2) is 55.0 Å². The molecule has 2 atom stereocenters. The Morgan fingerprint density at radius 1 is 0.863 bits per heavy atom. The summed E-state index contributed by atoms with van der Waals surface area (Å²) in [6.07, 6.45) is 7.31. The number of nitrogens with two attached hydrogens (primary N) is 1. The number of methoxy groups -OCH3 is 2. The Hall–Kier alpha value is -9.73. The predicted molar refractivity (Wildman–Crippen MR) is 321 cm³/mol. The van der Waals surface area contributed by atoms with E-state index in [1.165, 1.54) is 85.4 Å². The van der Waals surface area contributed by atoms with Crippen LogP contribution in [0.25, 0.3) is 0 Å². The molecule has 0 fully saturated rings. The number of aromatic nitrogens is 7. The summed E-state index contributed by atoms with van der Waals surface area (Å²) in [6.45, 7) is 0.773. The molecule has 2 aromatic carbocycles. The lowest BCUT2D eigenvalue weighted by Gasteiger charge is -2.28. The molecule has 95 heavy (non-hydrogen) atoms. The van der Waals surface area contributed by atoms with Gasteiger partial charge in [-0.2, -0.15) is 50.3 Å². The average Bonchev–Trinajstić information content (AvgIpc) is 1.75. The number of carboxylic acid groups (broad SMARTS) is 2. The van der Waals surface area contributed by atoms with E-state index in [0.29, 0.717) is 22.3 Å². The van der Waals surface area contributed by atoms with Gasteiger partial charge in [0.15, 0.2) is 34.7 Å². The number of carboxylic acids is 2. The summed E-state index contributed by atoms with van der Waals surface area (Å²) in [4.78, 5) is 89.1. The number of ether oxygens (including phenoxy) is 5. The molecule has 514 valence electrons. The molecule has 2 aliphatic heterocycles. The number of carbonyl (C=O) groups excluding carboxylic acids is 3. The van der Waals surface area contributed by atoms with Crippen LogP contribution in [0, 0.1) is 23.6 Å². The summed E-state index contributed by atoms with van der Waals surface area (Å²) in [7, 11) is -13.7. The van der Waals surface area contributed by atoms with Crippen molar-refractivity contribution in [2.24, 2.45) is 16.1 Å². The van der Waals surface area contributed by atoms with Gasteiger partial charge in [-0.05, 0) is 42.2 Å². The smallest absolute Gasteiger partial charge is 0.388 e. The van der Waals surface area contributed by atoms with Crippen LogP contribution < -0.4 is 59.2 Å². The Bertz CT molecular complexity index is 4320. The van der Waals surface area contributed by atoms with Crippen LogP contribution in [0.5, 0.6) is 29.3 Å². The molecule has 2 aliphatic rings. The Kier molecular flexibility index (Phi) is 25.9. The van der Waals surface area contributed by atoms with Crippen molar-refractivity contribution in [1.82, 2.24) is 43.3 Å². The summed E-state index contributed by atoms with van der Waals surface area (Å²) in [5.74, 6) is -3.19. The lowest BCUT2D eigenvalue weighted by molar-refractivity contribution is -0.138. The number of hydrogen-bond acceptors (Lipinski definition) is 26. The number of terminal acetylenes is 1. The van der Waals surface area contributed by atoms with Gasteiger partial charge >= 0.3 is 37.2 Å². The van der Waals surface area contributed by atoms with E-state index in [1.54, 1.807) is 10.0 Å². The second-order valence-corrected chi connectivity index (χ2v) is 28.5. The number of alkyl halides is 4. The highest BCUT2D eigenvalue weighted by Gasteiger charge is 2.33. The minimum atomic E-state index is -4.71. The first-order valence-corrected chi connectivity index (χ1v) is 34.0. The molecule has 0 saturated heterocycles. The van der Waals surface area contributed by atoms with E-state index in [9.17, 15) is 75.7 Å². The third-order valence-electron chi connectivity index (χ3n) is 11.8. The number of halogens is 5. The summed E-state index contributed by atoms with van der Waals surface area (Å²) in [5.41, 5.74) is 5.13. The number of nitrogens with zero attached hydrogens (tertiary/aromatic N) is 9. The van der Waals surface area contributed by atoms with Gasteiger partial charge in [-0.3, -0.25) is 29.7 Å². The number of carbonyl (C=O) groups is 5. The van der Waals surface area contributed by atoms with Gasteiger partial charge in [-0.15, -0.1) is 6.42 Å². The molecule has 8 rings (SSSR count). The fraction of sp³-hybridized carbons (Fsp3) is 0.333. The standard InChI is InChI=1S/C18H17FN4O2S.C14H10F4N4O7S.C14H17N5O7S2.C5H12NO4P/c1-4-5-22-13-7-12(11(19)6-14(13)25-9-16(22)24)20-17-23-10-18(2,3)8-15(23)21-26-17;15-11(16)28-8-5-9(29-12(17)18)20-13(19-8)21-14(25)22-30(26,27)7-4-2-1-3-6(7)10(23)24;1-4-27(21,22)9-6-5-7-15-12(9)28(23,24)19-14(20)18-13-16-10(25-2)8-11(17-13)26-3;1-11(9,10)3-2-4(6)5(7)8/h1,6-7H,5,8-10H2,2-3H3;1-5,11-12H,(H,23,24)(H2,19,20,21,22,25);5-8H,4H2,1-3H3,(H2,16,17,18,19,20);4H,2-3,6H2,1H3,(H,7,8)(H,9,10)/b20-17-;;;. The lowest BCUT2D eigenvalue weighted by atomic mass is 9.92. The second-order valence-electron chi connectivity index (χ2n) is 19.7. The summed E-state index contributed by atoms with van der Waals surface area (Å²) < 4.78 is 181. The molecule has 0 bridgehead atoms. The third kappa shape index (κ3) is 22.2. The molecule has 0 radical (unpaired) electrons. The van der Waals surface area contributed by atoms with Crippen molar-refractivity contribution in [1.29, 1.82) is 0 Å². The summed E-state index contributed by atoms with van der Waals surface area (Å²) in [6, 6.07) is 7.42. The van der Waals surface area contributed by atoms with Crippen LogP contribution in [-0.4, -0.2) is 169 Å². The van der Waals surface area contributed by atoms with Crippen molar-refractivity contribution in [3.05, 3.63) is 88.9 Å². The van der Waals surface area contributed by atoms with E-state index in [0.717, 1.165) is 43.2 Å². The first kappa shape index (κ1) is 76.0. The molecule has 34 nitrogen and oxygen atoms in total. The molecule has 9 N–H and O–H groups in total. The Balaban J connectivity index is 0.000000239. The maximum atomic E-state index is 14.5. The summed E-state index contributed by atoms with van der Waals surface area (Å²) in [5, 5.41) is 20.3. The molecule has 6 aromatic rings. The SMILES string of the molecule is C#CCN1C(=O)COc2cc(F)c(/N=c3\snc4n3CC(C)(C)C4)cc21.CCS(=O)(=O)c1cccnc1S(=O)(=O)NC(=O)Nc1nc(OC)cc(OC)n1.CP(=O)(O)CCC(N)C(=O)O.O=C(Nc1nc(OC(F)F)cc(OC(F)F)n1)NS(=O)(=O)c1ccccc1C(=O)O. The largest absolute Gasteiger partial charge is 0.481 e. The molecule has 0 aliphatic carbocycles. The molecular formula is C51H56F5N14O20PS4. The number of aromatic carboxylic acids is 1. The first-order chi connectivity index (χ1) is 44.3. The number of pyridine rings is 1. The molecule has 4 aromatic heterocycles. The van der Waals surface area contributed by atoms with Crippen LogP contribution in [0.1, 0.15) is 43.4 Å².